The third kappa shape index (κ3) is 6.24. The van der Waals surface area contributed by atoms with E-state index in [2.05, 4.69) is 24.5 Å². The van der Waals surface area contributed by atoms with Gasteiger partial charge in [-0.25, -0.2) is 0 Å². The van der Waals surface area contributed by atoms with Crippen molar-refractivity contribution < 1.29 is 9.53 Å². The highest BCUT2D eigenvalue weighted by molar-refractivity contribution is 5.79. The van der Waals surface area contributed by atoms with Crippen molar-refractivity contribution in [3.8, 4) is 5.75 Å². The Morgan fingerprint density at radius 1 is 1.23 bits per heavy atom. The maximum absolute atomic E-state index is 10.7. The van der Waals surface area contributed by atoms with Gasteiger partial charge in [0, 0.05) is 19.6 Å². The van der Waals surface area contributed by atoms with E-state index in [9.17, 15) is 4.79 Å². The maximum atomic E-state index is 10.7. The number of nitrogens with zero attached hydrogens (tertiary/aromatic N) is 1. The molecule has 0 spiro atoms. The molecule has 6 heteroatoms. The smallest absolute Gasteiger partial charge is 0.255 e. The number of aliphatic imine (C=N–C) groups is 1. The monoisotopic (exact) mass is 360 g/mol. The van der Waals surface area contributed by atoms with Gasteiger partial charge in [0.25, 0.3) is 5.91 Å². The minimum Gasteiger partial charge on any atom is -0.484 e. The van der Waals surface area contributed by atoms with E-state index < -0.39 is 5.91 Å². The average molecular weight is 361 g/mol. The molecule has 1 saturated carbocycles. The fourth-order valence-electron chi connectivity index (χ4n) is 3.12. The normalized spacial score (nSPS) is 15.8. The van der Waals surface area contributed by atoms with Crippen molar-refractivity contribution >= 4 is 11.9 Å². The fourth-order valence-corrected chi connectivity index (χ4v) is 3.12. The van der Waals surface area contributed by atoms with E-state index in [0.29, 0.717) is 11.2 Å². The van der Waals surface area contributed by atoms with Crippen LogP contribution in [0.25, 0.3) is 0 Å². The molecule has 2 rings (SSSR count). The number of amides is 1. The number of carbonyl (C=O) groups excluding carboxylic acids is 1. The molecule has 1 amide bonds. The third-order valence-corrected chi connectivity index (χ3v) is 5.09. The molecular formula is C20H32N4O2. The molecule has 0 unspecified atom stereocenters. The summed E-state index contributed by atoms with van der Waals surface area (Å²) in [6.45, 7) is 6.84. The number of nitrogens with two attached hydrogens (primary N) is 1. The summed E-state index contributed by atoms with van der Waals surface area (Å²) in [6, 6.07) is 7.73. The second-order valence-electron chi connectivity index (χ2n) is 6.98. The molecule has 0 aliphatic heterocycles. The second-order valence-corrected chi connectivity index (χ2v) is 6.98. The molecule has 1 aromatic rings. The lowest BCUT2D eigenvalue weighted by molar-refractivity contribution is -0.119. The predicted octanol–water partition coefficient (Wildman–Crippen LogP) is 2.23. The third-order valence-electron chi connectivity index (χ3n) is 5.09. The number of guanidine groups is 1. The van der Waals surface area contributed by atoms with Crippen LogP contribution in [0.15, 0.2) is 29.3 Å². The lowest BCUT2D eigenvalue weighted by Gasteiger charge is -2.40. The first-order valence-electron chi connectivity index (χ1n) is 9.59. The van der Waals surface area contributed by atoms with Crippen molar-refractivity contribution in [3.63, 3.8) is 0 Å². The fraction of sp³-hybridized carbons (Fsp3) is 0.600. The minimum absolute atomic E-state index is 0.0946. The topological polar surface area (TPSA) is 88.7 Å². The first-order chi connectivity index (χ1) is 12.6. The molecule has 1 aliphatic carbocycles. The van der Waals surface area contributed by atoms with Gasteiger partial charge in [0.15, 0.2) is 12.6 Å². The molecule has 0 atom stereocenters. The Kier molecular flexibility index (Phi) is 7.75. The van der Waals surface area contributed by atoms with E-state index in [1.807, 2.05) is 24.3 Å². The van der Waals surface area contributed by atoms with Crippen LogP contribution in [0.5, 0.6) is 5.75 Å². The van der Waals surface area contributed by atoms with Crippen LogP contribution in [0.3, 0.4) is 0 Å². The molecule has 1 aliphatic rings. The predicted molar refractivity (Wildman–Crippen MR) is 105 cm³/mol. The van der Waals surface area contributed by atoms with Crippen molar-refractivity contribution in [1.82, 2.24) is 10.6 Å². The zero-order valence-electron chi connectivity index (χ0n) is 16.0. The highest BCUT2D eigenvalue weighted by Crippen LogP contribution is 2.43. The maximum Gasteiger partial charge on any atom is 0.255 e. The highest BCUT2D eigenvalue weighted by Gasteiger charge is 2.34. The van der Waals surface area contributed by atoms with Crippen molar-refractivity contribution in [1.29, 1.82) is 0 Å². The largest absolute Gasteiger partial charge is 0.484 e. The first kappa shape index (κ1) is 20.1. The number of hydrogen-bond donors (Lipinski definition) is 3. The summed E-state index contributed by atoms with van der Waals surface area (Å²) in [5.41, 5.74) is 6.70. The number of carbonyl (C=O) groups is 1. The summed E-state index contributed by atoms with van der Waals surface area (Å²) < 4.78 is 5.27. The molecule has 0 aromatic heterocycles. The van der Waals surface area contributed by atoms with Crippen molar-refractivity contribution in [2.45, 2.75) is 46.0 Å². The van der Waals surface area contributed by atoms with Crippen LogP contribution < -0.4 is 21.1 Å². The quantitative estimate of drug-likeness (QED) is 0.441. The van der Waals surface area contributed by atoms with Gasteiger partial charge in [-0.3, -0.25) is 9.79 Å². The van der Waals surface area contributed by atoms with Crippen LogP contribution in [0.2, 0.25) is 0 Å². The van der Waals surface area contributed by atoms with Crippen LogP contribution >= 0.6 is 0 Å². The van der Waals surface area contributed by atoms with Gasteiger partial charge < -0.3 is 21.1 Å². The van der Waals surface area contributed by atoms with E-state index in [1.165, 1.54) is 31.2 Å². The van der Waals surface area contributed by atoms with E-state index in [1.54, 1.807) is 0 Å². The van der Waals surface area contributed by atoms with Crippen molar-refractivity contribution in [2.24, 2.45) is 16.1 Å². The van der Waals surface area contributed by atoms with E-state index in [4.69, 9.17) is 15.5 Å². The van der Waals surface area contributed by atoms with Crippen LogP contribution in [-0.2, 0) is 11.2 Å². The zero-order chi connectivity index (χ0) is 18.8. The van der Waals surface area contributed by atoms with E-state index in [0.717, 1.165) is 32.0 Å². The van der Waals surface area contributed by atoms with Gasteiger partial charge in [-0.1, -0.05) is 25.5 Å². The van der Waals surface area contributed by atoms with Gasteiger partial charge >= 0.3 is 0 Å². The standard InChI is InChI=1S/C20H32N4O2/c1-3-20(11-5-12-20)15-24-19(22-4-2)23-13-10-16-6-8-17(9-7-16)26-14-18(21)25/h6-9H,3-5,10-15H2,1-2H3,(H2,21,25)(H2,22,23,24). The van der Waals surface area contributed by atoms with Gasteiger partial charge in [0.2, 0.25) is 0 Å². The SMILES string of the molecule is CCNC(=NCC1(CC)CCC1)NCCc1ccc(OCC(N)=O)cc1. The number of rotatable bonds is 10. The summed E-state index contributed by atoms with van der Waals surface area (Å²) in [5, 5.41) is 6.74. The van der Waals surface area contributed by atoms with Gasteiger partial charge in [0.05, 0.1) is 0 Å². The zero-order valence-corrected chi connectivity index (χ0v) is 16.0. The summed E-state index contributed by atoms with van der Waals surface area (Å²) >= 11 is 0. The number of benzene rings is 1. The lowest BCUT2D eigenvalue weighted by Crippen LogP contribution is -2.40. The van der Waals surface area contributed by atoms with Gasteiger partial charge in [-0.2, -0.15) is 0 Å². The Hall–Kier alpha value is -2.24. The van der Waals surface area contributed by atoms with Crippen LogP contribution in [0, 0.1) is 5.41 Å². The Labute approximate surface area is 156 Å². The van der Waals surface area contributed by atoms with E-state index >= 15 is 0 Å². The minimum atomic E-state index is -0.472. The molecule has 1 fully saturated rings. The Morgan fingerprint density at radius 3 is 2.50 bits per heavy atom. The summed E-state index contributed by atoms with van der Waals surface area (Å²) in [6.07, 6.45) is 6.04. The first-order valence-corrected chi connectivity index (χ1v) is 9.59. The molecular weight excluding hydrogens is 328 g/mol. The molecule has 0 bridgehead atoms. The summed E-state index contributed by atoms with van der Waals surface area (Å²) in [5.74, 6) is 1.08. The summed E-state index contributed by atoms with van der Waals surface area (Å²) in [7, 11) is 0. The lowest BCUT2D eigenvalue weighted by atomic mass is 9.67. The number of ether oxygens (including phenoxy) is 1. The molecule has 1 aromatic carbocycles. The van der Waals surface area contributed by atoms with Gasteiger partial charge in [0.1, 0.15) is 5.75 Å². The number of hydrogen-bond acceptors (Lipinski definition) is 3. The summed E-state index contributed by atoms with van der Waals surface area (Å²) in [4.78, 5) is 15.5. The van der Waals surface area contributed by atoms with Crippen molar-refractivity contribution in [2.75, 3.05) is 26.2 Å². The van der Waals surface area contributed by atoms with E-state index in [-0.39, 0.29) is 6.61 Å². The van der Waals surface area contributed by atoms with Gasteiger partial charge in [-0.05, 0) is 55.7 Å². The molecule has 6 nitrogen and oxygen atoms in total. The molecule has 26 heavy (non-hydrogen) atoms. The Balaban J connectivity index is 1.78. The van der Waals surface area contributed by atoms with Gasteiger partial charge in [-0.15, -0.1) is 0 Å². The number of primary amides is 1. The van der Waals surface area contributed by atoms with Crippen LogP contribution in [0.4, 0.5) is 0 Å². The molecule has 4 N–H and O–H groups in total. The van der Waals surface area contributed by atoms with Crippen LogP contribution in [-0.4, -0.2) is 38.1 Å². The second kappa shape index (κ2) is 10.0. The average Bonchev–Trinajstić information content (AvgIpc) is 2.60. The molecule has 0 radical (unpaired) electrons. The highest BCUT2D eigenvalue weighted by atomic mass is 16.5. The number of nitrogens with one attached hydrogen (secondary N) is 2. The Morgan fingerprint density at radius 2 is 1.96 bits per heavy atom. The molecule has 0 saturated heterocycles. The van der Waals surface area contributed by atoms with Crippen molar-refractivity contribution in [3.05, 3.63) is 29.8 Å². The van der Waals surface area contributed by atoms with Crippen LogP contribution in [0.1, 0.15) is 45.1 Å². The Bertz CT molecular complexity index is 589. The molecule has 0 heterocycles. The molecule has 144 valence electrons.